The lowest BCUT2D eigenvalue weighted by Gasteiger charge is -2.17. The molecule has 8 heteroatoms. The Bertz CT molecular complexity index is 478. The zero-order chi connectivity index (χ0) is 13.2. The Kier molecular flexibility index (Phi) is 4.10. The summed E-state index contributed by atoms with van der Waals surface area (Å²) in [6, 6.07) is 1.30. The molecule has 0 fully saturated rings. The van der Waals surface area contributed by atoms with Gasteiger partial charge in [0.15, 0.2) is 0 Å². The van der Waals surface area contributed by atoms with Crippen molar-refractivity contribution in [3.8, 4) is 0 Å². The van der Waals surface area contributed by atoms with Gasteiger partial charge in [-0.3, -0.25) is 14.9 Å². The van der Waals surface area contributed by atoms with Gasteiger partial charge in [0.05, 0.1) is 9.40 Å². The van der Waals surface area contributed by atoms with Crippen LogP contribution in [0.5, 0.6) is 0 Å². The Morgan fingerprint density at radius 3 is 2.65 bits per heavy atom. The number of aromatic nitrogens is 1. The zero-order valence-electron chi connectivity index (χ0n) is 9.01. The van der Waals surface area contributed by atoms with E-state index >= 15 is 0 Å². The van der Waals surface area contributed by atoms with Crippen LogP contribution >= 0.6 is 27.7 Å². The lowest BCUT2D eigenvalue weighted by Crippen LogP contribution is -2.27. The number of carboxylic acid groups (broad SMARTS) is 1. The highest BCUT2D eigenvalue weighted by atomic mass is 79.9. The molecule has 1 aromatic rings. The molecular weight excluding hydrogens is 312 g/mol. The molecule has 0 saturated carbocycles. The van der Waals surface area contributed by atoms with Crippen LogP contribution < -0.4 is 0 Å². The lowest BCUT2D eigenvalue weighted by atomic mass is 10.2. The first-order valence-electron chi connectivity index (χ1n) is 4.46. The first kappa shape index (κ1) is 13.9. The number of rotatable bonds is 4. The van der Waals surface area contributed by atoms with Gasteiger partial charge in [-0.25, -0.2) is 4.98 Å². The Balaban J connectivity index is 3.02. The van der Waals surface area contributed by atoms with Gasteiger partial charge in [0.25, 0.3) is 5.69 Å². The number of pyridine rings is 1. The zero-order valence-corrected chi connectivity index (χ0v) is 11.4. The van der Waals surface area contributed by atoms with Gasteiger partial charge in [0.1, 0.15) is 16.0 Å². The minimum absolute atomic E-state index is 0.144. The van der Waals surface area contributed by atoms with Gasteiger partial charge in [-0.05, 0) is 29.8 Å². The molecule has 17 heavy (non-hydrogen) atoms. The van der Waals surface area contributed by atoms with Crippen LogP contribution in [-0.2, 0) is 4.79 Å². The summed E-state index contributed by atoms with van der Waals surface area (Å²) in [5, 5.41) is 19.9. The van der Waals surface area contributed by atoms with Gasteiger partial charge < -0.3 is 5.11 Å². The fourth-order valence-electron chi connectivity index (χ4n) is 0.876. The minimum atomic E-state index is -1.05. The van der Waals surface area contributed by atoms with E-state index < -0.39 is 15.6 Å². The molecule has 1 N–H and O–H groups in total. The molecule has 1 aromatic heterocycles. The molecule has 0 aliphatic heterocycles. The van der Waals surface area contributed by atoms with Gasteiger partial charge in [-0.15, -0.1) is 0 Å². The third kappa shape index (κ3) is 3.40. The first-order valence-corrected chi connectivity index (χ1v) is 6.07. The van der Waals surface area contributed by atoms with Gasteiger partial charge in [0, 0.05) is 6.07 Å². The largest absolute Gasteiger partial charge is 0.480 e. The van der Waals surface area contributed by atoms with E-state index in [-0.39, 0.29) is 5.69 Å². The summed E-state index contributed by atoms with van der Waals surface area (Å²) in [6.45, 7) is 3.07. The quantitative estimate of drug-likeness (QED) is 0.520. The molecular formula is C9H9BrN2O4S. The Morgan fingerprint density at radius 2 is 2.24 bits per heavy atom. The average molecular weight is 321 g/mol. The second-order valence-corrected chi connectivity index (χ2v) is 6.12. The van der Waals surface area contributed by atoms with Gasteiger partial charge in [0.2, 0.25) is 0 Å². The molecule has 0 saturated heterocycles. The number of aliphatic carboxylic acids is 1. The number of carboxylic acids is 1. The summed E-state index contributed by atoms with van der Waals surface area (Å²) < 4.78 is -0.642. The first-order chi connectivity index (χ1) is 7.74. The predicted molar refractivity (Wildman–Crippen MR) is 66.2 cm³/mol. The van der Waals surface area contributed by atoms with Crippen LogP contribution in [0.4, 0.5) is 5.69 Å². The molecule has 92 valence electrons. The Hall–Kier alpha value is -1.15. The molecule has 6 nitrogen and oxygen atoms in total. The smallest absolute Gasteiger partial charge is 0.319 e. The van der Waals surface area contributed by atoms with E-state index in [1.54, 1.807) is 0 Å². The van der Waals surface area contributed by atoms with Crippen molar-refractivity contribution in [1.29, 1.82) is 0 Å². The van der Waals surface area contributed by atoms with E-state index in [1.807, 2.05) is 0 Å². The van der Waals surface area contributed by atoms with E-state index in [1.165, 1.54) is 19.9 Å². The highest BCUT2D eigenvalue weighted by Crippen LogP contribution is 2.36. The van der Waals surface area contributed by atoms with Crippen molar-refractivity contribution in [1.82, 2.24) is 4.98 Å². The fraction of sp³-hybridized carbons (Fsp3) is 0.333. The number of carbonyl (C=O) groups is 1. The molecule has 1 heterocycles. The standard InChI is InChI=1S/C9H9BrN2O4S/c1-9(2,8(13)14)17-7-6(10)3-5(4-11-7)12(15)16/h3-4H,1-2H3,(H,13,14). The van der Waals surface area contributed by atoms with Crippen LogP contribution in [0.3, 0.4) is 0 Å². The number of hydrogen-bond donors (Lipinski definition) is 1. The summed E-state index contributed by atoms with van der Waals surface area (Å²) in [4.78, 5) is 24.8. The second kappa shape index (κ2) is 5.01. The third-order valence-corrected chi connectivity index (χ3v) is 3.94. The molecule has 0 bridgehead atoms. The van der Waals surface area contributed by atoms with Gasteiger partial charge in [-0.1, -0.05) is 11.8 Å². The molecule has 0 amide bonds. The summed E-state index contributed by atoms with van der Waals surface area (Å²) >= 11 is 4.16. The molecule has 1 rings (SSSR count). The van der Waals surface area contributed by atoms with Crippen molar-refractivity contribution in [3.05, 3.63) is 26.9 Å². The molecule has 0 unspecified atom stereocenters. The van der Waals surface area contributed by atoms with E-state index in [9.17, 15) is 14.9 Å². The maximum Gasteiger partial charge on any atom is 0.319 e. The second-order valence-electron chi connectivity index (χ2n) is 3.66. The van der Waals surface area contributed by atoms with Crippen molar-refractivity contribution in [2.24, 2.45) is 0 Å². The van der Waals surface area contributed by atoms with Crippen LogP contribution in [0.2, 0.25) is 0 Å². The molecule has 0 radical (unpaired) electrons. The summed E-state index contributed by atoms with van der Waals surface area (Å²) in [5.41, 5.74) is -0.144. The van der Waals surface area contributed by atoms with Crippen molar-refractivity contribution in [2.45, 2.75) is 23.6 Å². The maximum atomic E-state index is 10.9. The average Bonchev–Trinajstić information content (AvgIpc) is 2.20. The van der Waals surface area contributed by atoms with Crippen molar-refractivity contribution in [3.63, 3.8) is 0 Å². The highest BCUT2D eigenvalue weighted by Gasteiger charge is 2.30. The number of thioether (sulfide) groups is 1. The van der Waals surface area contributed by atoms with Gasteiger partial charge >= 0.3 is 5.97 Å². The summed E-state index contributed by atoms with van der Waals surface area (Å²) in [5.74, 6) is -0.977. The van der Waals surface area contributed by atoms with Crippen LogP contribution in [0.1, 0.15) is 13.8 Å². The van der Waals surface area contributed by atoms with Crippen LogP contribution in [0.25, 0.3) is 0 Å². The lowest BCUT2D eigenvalue weighted by molar-refractivity contribution is -0.385. The van der Waals surface area contributed by atoms with Gasteiger partial charge in [-0.2, -0.15) is 0 Å². The Labute approximate surface area is 110 Å². The number of halogens is 1. The normalized spacial score (nSPS) is 11.2. The van der Waals surface area contributed by atoms with Crippen molar-refractivity contribution < 1.29 is 14.8 Å². The van der Waals surface area contributed by atoms with Crippen LogP contribution in [-0.4, -0.2) is 25.7 Å². The summed E-state index contributed by atoms with van der Waals surface area (Å²) in [7, 11) is 0. The number of nitro groups is 1. The van der Waals surface area contributed by atoms with Crippen LogP contribution in [0, 0.1) is 10.1 Å². The number of nitrogens with zero attached hydrogens (tertiary/aromatic N) is 2. The van der Waals surface area contributed by atoms with E-state index in [4.69, 9.17) is 5.11 Å². The summed E-state index contributed by atoms with van der Waals surface area (Å²) in [6.07, 6.45) is 1.10. The van der Waals surface area contributed by atoms with Crippen LogP contribution in [0.15, 0.2) is 21.8 Å². The SMILES string of the molecule is CC(C)(Sc1ncc([N+](=O)[O-])cc1Br)C(=O)O. The van der Waals surface area contributed by atoms with E-state index in [0.29, 0.717) is 9.50 Å². The van der Waals surface area contributed by atoms with E-state index in [0.717, 1.165) is 18.0 Å². The topological polar surface area (TPSA) is 93.3 Å². The minimum Gasteiger partial charge on any atom is -0.480 e. The van der Waals surface area contributed by atoms with Crippen molar-refractivity contribution >= 4 is 39.3 Å². The van der Waals surface area contributed by atoms with E-state index in [2.05, 4.69) is 20.9 Å². The molecule has 0 atom stereocenters. The molecule has 0 spiro atoms. The Morgan fingerprint density at radius 1 is 1.65 bits per heavy atom. The monoisotopic (exact) mass is 320 g/mol. The molecule has 0 aliphatic carbocycles. The predicted octanol–water partition coefficient (Wildman–Crippen LogP) is 2.71. The fourth-order valence-corrected chi connectivity index (χ4v) is 2.29. The highest BCUT2D eigenvalue weighted by molar-refractivity contribution is 9.10. The third-order valence-electron chi connectivity index (χ3n) is 1.87. The van der Waals surface area contributed by atoms with Crippen molar-refractivity contribution in [2.75, 3.05) is 0 Å². The number of hydrogen-bond acceptors (Lipinski definition) is 5. The maximum absolute atomic E-state index is 10.9. The molecule has 0 aromatic carbocycles. The molecule has 0 aliphatic rings.